The molecule has 0 atom stereocenters. The summed E-state index contributed by atoms with van der Waals surface area (Å²) in [5.74, 6) is 0.302. The number of nitrogens with zero attached hydrogens (tertiary/aromatic N) is 2. The van der Waals surface area contributed by atoms with Crippen LogP contribution >= 0.6 is 0 Å². The average molecular weight is 318 g/mol. The van der Waals surface area contributed by atoms with Crippen molar-refractivity contribution in [3.05, 3.63) is 77.7 Å². The van der Waals surface area contributed by atoms with Crippen LogP contribution in [0, 0.1) is 13.8 Å². The van der Waals surface area contributed by atoms with Gasteiger partial charge in [-0.15, -0.1) is 0 Å². The van der Waals surface area contributed by atoms with Crippen LogP contribution in [0.3, 0.4) is 0 Å². The molecular weight excluding hydrogens is 300 g/mol. The zero-order valence-electron chi connectivity index (χ0n) is 13.6. The molecule has 2 N–H and O–H groups in total. The molecule has 0 saturated heterocycles. The molecule has 1 amide bonds. The molecule has 0 radical (unpaired) electrons. The Hall–Kier alpha value is -3.21. The largest absolute Gasteiger partial charge is 0.340 e. The van der Waals surface area contributed by atoms with Gasteiger partial charge in [-0.25, -0.2) is 9.97 Å². The van der Waals surface area contributed by atoms with E-state index in [-0.39, 0.29) is 5.91 Å². The fourth-order valence-electron chi connectivity index (χ4n) is 2.17. The van der Waals surface area contributed by atoms with Crippen LogP contribution in [0.2, 0.25) is 0 Å². The molecule has 0 aliphatic heterocycles. The number of hydrogen-bond donors (Lipinski definition) is 2. The number of rotatable bonds is 4. The minimum Gasteiger partial charge on any atom is -0.340 e. The van der Waals surface area contributed by atoms with Gasteiger partial charge in [0, 0.05) is 17.4 Å². The Morgan fingerprint density at radius 2 is 1.42 bits per heavy atom. The second kappa shape index (κ2) is 6.91. The Bertz CT molecular complexity index is 842. The molecule has 0 aliphatic rings. The van der Waals surface area contributed by atoms with E-state index in [1.165, 1.54) is 11.9 Å². The van der Waals surface area contributed by atoms with Gasteiger partial charge in [-0.05, 0) is 38.1 Å². The molecule has 0 saturated carbocycles. The molecule has 5 heteroatoms. The summed E-state index contributed by atoms with van der Waals surface area (Å²) in [6.07, 6.45) is 1.38. The Labute approximate surface area is 140 Å². The monoisotopic (exact) mass is 318 g/mol. The third-order valence-corrected chi connectivity index (χ3v) is 3.53. The molecule has 1 heterocycles. The standard InChI is InChI=1S/C19H18N4O/c1-13-3-7-15(8-4-13)22-18-11-17(20-12-21-18)19(24)23-16-9-5-14(2)6-10-16/h3-12H,1-2H3,(H,23,24)(H,20,21,22). The predicted octanol–water partition coefficient (Wildman–Crippen LogP) is 4.09. The second-order valence-electron chi connectivity index (χ2n) is 5.60. The number of hydrogen-bond acceptors (Lipinski definition) is 4. The molecule has 24 heavy (non-hydrogen) atoms. The highest BCUT2D eigenvalue weighted by Crippen LogP contribution is 2.16. The number of aryl methyl sites for hydroxylation is 2. The lowest BCUT2D eigenvalue weighted by Crippen LogP contribution is -2.14. The van der Waals surface area contributed by atoms with E-state index in [2.05, 4.69) is 20.6 Å². The molecule has 2 aromatic carbocycles. The van der Waals surface area contributed by atoms with Crippen molar-refractivity contribution in [2.75, 3.05) is 10.6 Å². The summed E-state index contributed by atoms with van der Waals surface area (Å²) < 4.78 is 0. The Kier molecular flexibility index (Phi) is 4.52. The van der Waals surface area contributed by atoms with E-state index in [0.717, 1.165) is 16.9 Å². The zero-order chi connectivity index (χ0) is 16.9. The summed E-state index contributed by atoms with van der Waals surface area (Å²) in [4.78, 5) is 20.5. The zero-order valence-corrected chi connectivity index (χ0v) is 13.6. The quantitative estimate of drug-likeness (QED) is 0.760. The molecular formula is C19H18N4O. The smallest absolute Gasteiger partial charge is 0.274 e. The lowest BCUT2D eigenvalue weighted by molar-refractivity contribution is 0.102. The number of benzene rings is 2. The van der Waals surface area contributed by atoms with Gasteiger partial charge in [0.15, 0.2) is 0 Å². The van der Waals surface area contributed by atoms with Gasteiger partial charge in [0.05, 0.1) is 0 Å². The first-order valence-electron chi connectivity index (χ1n) is 7.64. The summed E-state index contributed by atoms with van der Waals surface area (Å²) in [6.45, 7) is 4.03. The van der Waals surface area contributed by atoms with E-state index in [1.807, 2.05) is 62.4 Å². The van der Waals surface area contributed by atoms with Crippen LogP contribution in [0.4, 0.5) is 17.2 Å². The van der Waals surface area contributed by atoms with Crippen molar-refractivity contribution in [3.8, 4) is 0 Å². The van der Waals surface area contributed by atoms with E-state index >= 15 is 0 Å². The molecule has 120 valence electrons. The van der Waals surface area contributed by atoms with Gasteiger partial charge in [0.1, 0.15) is 17.8 Å². The number of anilines is 3. The lowest BCUT2D eigenvalue weighted by Gasteiger charge is -2.08. The van der Waals surface area contributed by atoms with Crippen molar-refractivity contribution in [2.24, 2.45) is 0 Å². The van der Waals surface area contributed by atoms with Gasteiger partial charge in [0.2, 0.25) is 0 Å². The van der Waals surface area contributed by atoms with Crippen LogP contribution in [-0.2, 0) is 0 Å². The van der Waals surface area contributed by atoms with Crippen molar-refractivity contribution in [2.45, 2.75) is 13.8 Å². The SMILES string of the molecule is Cc1ccc(NC(=O)c2cc(Nc3ccc(C)cc3)ncn2)cc1. The van der Waals surface area contributed by atoms with Gasteiger partial charge in [-0.1, -0.05) is 35.4 Å². The number of carbonyl (C=O) groups excluding carboxylic acids is 1. The summed E-state index contributed by atoms with van der Waals surface area (Å²) in [5.41, 5.74) is 4.27. The van der Waals surface area contributed by atoms with Crippen LogP contribution in [0.1, 0.15) is 21.6 Å². The van der Waals surface area contributed by atoms with Gasteiger partial charge in [0.25, 0.3) is 5.91 Å². The van der Waals surface area contributed by atoms with Gasteiger partial charge < -0.3 is 10.6 Å². The number of aromatic nitrogens is 2. The number of carbonyl (C=O) groups is 1. The topological polar surface area (TPSA) is 66.9 Å². The maximum absolute atomic E-state index is 12.3. The molecule has 1 aromatic heterocycles. The lowest BCUT2D eigenvalue weighted by atomic mass is 10.2. The molecule has 5 nitrogen and oxygen atoms in total. The first-order chi connectivity index (χ1) is 11.6. The Balaban J connectivity index is 1.73. The fraction of sp³-hybridized carbons (Fsp3) is 0.105. The summed E-state index contributed by atoms with van der Waals surface area (Å²) >= 11 is 0. The third-order valence-electron chi connectivity index (χ3n) is 3.53. The Morgan fingerprint density at radius 3 is 2.04 bits per heavy atom. The molecule has 3 aromatic rings. The van der Waals surface area contributed by atoms with E-state index in [0.29, 0.717) is 11.5 Å². The predicted molar refractivity (Wildman–Crippen MR) is 95.6 cm³/mol. The van der Waals surface area contributed by atoms with Crippen molar-refractivity contribution >= 4 is 23.1 Å². The van der Waals surface area contributed by atoms with Crippen molar-refractivity contribution in [1.29, 1.82) is 0 Å². The minimum absolute atomic E-state index is 0.270. The summed E-state index contributed by atoms with van der Waals surface area (Å²) in [5, 5.41) is 5.99. The van der Waals surface area contributed by atoms with Crippen LogP contribution in [0.25, 0.3) is 0 Å². The summed E-state index contributed by atoms with van der Waals surface area (Å²) in [6, 6.07) is 17.2. The highest BCUT2D eigenvalue weighted by molar-refractivity contribution is 6.03. The molecule has 0 bridgehead atoms. The average Bonchev–Trinajstić information content (AvgIpc) is 2.59. The molecule has 0 aliphatic carbocycles. The van der Waals surface area contributed by atoms with Crippen LogP contribution in [0.15, 0.2) is 60.9 Å². The van der Waals surface area contributed by atoms with Crippen molar-refractivity contribution in [3.63, 3.8) is 0 Å². The Morgan fingerprint density at radius 1 is 0.833 bits per heavy atom. The highest BCUT2D eigenvalue weighted by atomic mass is 16.1. The van der Waals surface area contributed by atoms with Gasteiger partial charge in [-0.2, -0.15) is 0 Å². The highest BCUT2D eigenvalue weighted by Gasteiger charge is 2.09. The minimum atomic E-state index is -0.270. The van der Waals surface area contributed by atoms with Crippen LogP contribution in [-0.4, -0.2) is 15.9 Å². The van der Waals surface area contributed by atoms with E-state index in [1.54, 1.807) is 6.07 Å². The van der Waals surface area contributed by atoms with Crippen molar-refractivity contribution < 1.29 is 4.79 Å². The normalized spacial score (nSPS) is 10.2. The first kappa shape index (κ1) is 15.7. The maximum atomic E-state index is 12.3. The maximum Gasteiger partial charge on any atom is 0.274 e. The number of amides is 1. The first-order valence-corrected chi connectivity index (χ1v) is 7.64. The van der Waals surface area contributed by atoms with Gasteiger partial charge in [-0.3, -0.25) is 4.79 Å². The van der Waals surface area contributed by atoms with E-state index < -0.39 is 0 Å². The van der Waals surface area contributed by atoms with Gasteiger partial charge >= 0.3 is 0 Å². The molecule has 0 fully saturated rings. The molecule has 3 rings (SSSR count). The van der Waals surface area contributed by atoms with E-state index in [4.69, 9.17) is 0 Å². The fourth-order valence-corrected chi connectivity index (χ4v) is 2.17. The van der Waals surface area contributed by atoms with E-state index in [9.17, 15) is 4.79 Å². The van der Waals surface area contributed by atoms with Crippen LogP contribution < -0.4 is 10.6 Å². The second-order valence-corrected chi connectivity index (χ2v) is 5.60. The third kappa shape index (κ3) is 3.95. The molecule has 0 unspecified atom stereocenters. The molecule has 0 spiro atoms. The van der Waals surface area contributed by atoms with Crippen LogP contribution in [0.5, 0.6) is 0 Å². The number of nitrogens with one attached hydrogen (secondary N) is 2. The summed E-state index contributed by atoms with van der Waals surface area (Å²) in [7, 11) is 0. The van der Waals surface area contributed by atoms with Crippen molar-refractivity contribution in [1.82, 2.24) is 9.97 Å².